The van der Waals surface area contributed by atoms with Gasteiger partial charge in [0.15, 0.2) is 0 Å². The molecule has 1 aromatic rings. The van der Waals surface area contributed by atoms with Crippen molar-refractivity contribution in [1.82, 2.24) is 0 Å². The van der Waals surface area contributed by atoms with Gasteiger partial charge in [-0.2, -0.15) is 0 Å². The summed E-state index contributed by atoms with van der Waals surface area (Å²) in [6.07, 6.45) is 3.25. The minimum atomic E-state index is -0.486. The van der Waals surface area contributed by atoms with Gasteiger partial charge in [0.2, 0.25) is 0 Å². The lowest BCUT2D eigenvalue weighted by Crippen LogP contribution is -2.25. The van der Waals surface area contributed by atoms with Crippen LogP contribution >= 0.6 is 0 Å². The molecular formula is C12H16N2O4. The zero-order valence-corrected chi connectivity index (χ0v) is 10.0. The summed E-state index contributed by atoms with van der Waals surface area (Å²) in [5.41, 5.74) is 5.85. The number of rotatable bonds is 4. The summed E-state index contributed by atoms with van der Waals surface area (Å²) in [7, 11) is 0. The summed E-state index contributed by atoms with van der Waals surface area (Å²) in [4.78, 5) is 10.2. The Kier molecular flexibility index (Phi) is 3.99. The Morgan fingerprint density at radius 1 is 1.44 bits per heavy atom. The molecule has 0 spiro atoms. The molecule has 0 aromatic heterocycles. The SMILES string of the molecule is Nc1cc(OCC2CCCCO2)cc([N+](=O)[O-])c1. The van der Waals surface area contributed by atoms with Gasteiger partial charge in [-0.05, 0) is 19.3 Å². The van der Waals surface area contributed by atoms with Gasteiger partial charge >= 0.3 is 0 Å². The van der Waals surface area contributed by atoms with E-state index in [4.69, 9.17) is 15.2 Å². The van der Waals surface area contributed by atoms with Gasteiger partial charge < -0.3 is 15.2 Å². The Bertz CT molecular complexity index is 430. The Labute approximate surface area is 105 Å². The van der Waals surface area contributed by atoms with E-state index in [1.165, 1.54) is 12.1 Å². The summed E-state index contributed by atoms with van der Waals surface area (Å²) >= 11 is 0. The van der Waals surface area contributed by atoms with Gasteiger partial charge in [-0.3, -0.25) is 10.1 Å². The Balaban J connectivity index is 1.97. The monoisotopic (exact) mass is 252 g/mol. The maximum Gasteiger partial charge on any atom is 0.275 e. The molecule has 2 N–H and O–H groups in total. The van der Waals surface area contributed by atoms with Crippen molar-refractivity contribution >= 4 is 11.4 Å². The van der Waals surface area contributed by atoms with Crippen LogP contribution in [0.25, 0.3) is 0 Å². The van der Waals surface area contributed by atoms with E-state index in [2.05, 4.69) is 0 Å². The highest BCUT2D eigenvalue weighted by Crippen LogP contribution is 2.25. The molecule has 1 atom stereocenters. The summed E-state index contributed by atoms with van der Waals surface area (Å²) < 4.78 is 11.0. The lowest BCUT2D eigenvalue weighted by atomic mass is 10.1. The molecular weight excluding hydrogens is 236 g/mol. The van der Waals surface area contributed by atoms with Gasteiger partial charge in [-0.1, -0.05) is 0 Å². The first-order valence-electron chi connectivity index (χ1n) is 5.94. The predicted octanol–water partition coefficient (Wildman–Crippen LogP) is 2.12. The molecule has 0 radical (unpaired) electrons. The number of nitro groups is 1. The van der Waals surface area contributed by atoms with Crippen molar-refractivity contribution in [3.8, 4) is 5.75 Å². The first kappa shape index (κ1) is 12.6. The molecule has 0 amide bonds. The average Bonchev–Trinajstić information content (AvgIpc) is 2.37. The lowest BCUT2D eigenvalue weighted by Gasteiger charge is -2.22. The molecule has 0 saturated carbocycles. The molecule has 18 heavy (non-hydrogen) atoms. The number of hydrogen-bond donors (Lipinski definition) is 1. The van der Waals surface area contributed by atoms with E-state index in [9.17, 15) is 10.1 Å². The first-order valence-corrected chi connectivity index (χ1v) is 5.94. The zero-order valence-electron chi connectivity index (χ0n) is 10.0. The number of nitro benzene ring substituents is 1. The van der Waals surface area contributed by atoms with Crippen LogP contribution in [0.2, 0.25) is 0 Å². The fourth-order valence-corrected chi connectivity index (χ4v) is 1.92. The fourth-order valence-electron chi connectivity index (χ4n) is 1.92. The number of hydrogen-bond acceptors (Lipinski definition) is 5. The molecule has 1 fully saturated rings. The van der Waals surface area contributed by atoms with Crippen molar-refractivity contribution in [3.63, 3.8) is 0 Å². The van der Waals surface area contributed by atoms with Crippen LogP contribution < -0.4 is 10.5 Å². The minimum absolute atomic E-state index is 0.0606. The summed E-state index contributed by atoms with van der Waals surface area (Å²) in [5.74, 6) is 0.413. The van der Waals surface area contributed by atoms with Gasteiger partial charge in [-0.15, -0.1) is 0 Å². The zero-order chi connectivity index (χ0) is 13.0. The maximum atomic E-state index is 10.7. The molecule has 1 aromatic carbocycles. The van der Waals surface area contributed by atoms with Crippen LogP contribution in [0, 0.1) is 10.1 Å². The smallest absolute Gasteiger partial charge is 0.275 e. The van der Waals surface area contributed by atoms with Crippen LogP contribution in [0.5, 0.6) is 5.75 Å². The molecule has 1 aliphatic rings. The number of non-ortho nitro benzene ring substituents is 1. The Morgan fingerprint density at radius 3 is 2.94 bits per heavy atom. The minimum Gasteiger partial charge on any atom is -0.491 e. The predicted molar refractivity (Wildman–Crippen MR) is 66.6 cm³/mol. The van der Waals surface area contributed by atoms with E-state index in [1.54, 1.807) is 6.07 Å². The van der Waals surface area contributed by atoms with E-state index in [-0.39, 0.29) is 11.8 Å². The first-order chi connectivity index (χ1) is 8.65. The highest BCUT2D eigenvalue weighted by Gasteiger charge is 2.15. The highest BCUT2D eigenvalue weighted by molar-refractivity contribution is 5.53. The second-order valence-corrected chi connectivity index (χ2v) is 4.32. The second kappa shape index (κ2) is 5.68. The Morgan fingerprint density at radius 2 is 2.28 bits per heavy atom. The second-order valence-electron chi connectivity index (χ2n) is 4.32. The molecule has 1 aliphatic heterocycles. The maximum absolute atomic E-state index is 10.7. The van der Waals surface area contributed by atoms with Crippen LogP contribution in [0.1, 0.15) is 19.3 Å². The van der Waals surface area contributed by atoms with E-state index >= 15 is 0 Å². The molecule has 1 saturated heterocycles. The summed E-state index contributed by atoms with van der Waals surface area (Å²) in [6, 6.07) is 4.26. The number of nitrogen functional groups attached to an aromatic ring is 1. The average molecular weight is 252 g/mol. The van der Waals surface area contributed by atoms with Crippen LogP contribution in [0.3, 0.4) is 0 Å². The third kappa shape index (κ3) is 3.33. The van der Waals surface area contributed by atoms with Gasteiger partial charge in [0.05, 0.1) is 17.1 Å². The van der Waals surface area contributed by atoms with Crippen molar-refractivity contribution in [2.24, 2.45) is 0 Å². The van der Waals surface area contributed by atoms with E-state index in [0.29, 0.717) is 18.0 Å². The molecule has 1 unspecified atom stereocenters. The number of anilines is 1. The molecule has 0 aliphatic carbocycles. The number of nitrogens with two attached hydrogens (primary N) is 1. The van der Waals surface area contributed by atoms with Crippen LogP contribution in [-0.2, 0) is 4.74 Å². The standard InChI is InChI=1S/C12H16N2O4/c13-9-5-10(14(15)16)7-12(6-9)18-8-11-3-1-2-4-17-11/h5-7,11H,1-4,8,13H2. The molecule has 2 rings (SSSR count). The van der Waals surface area contributed by atoms with E-state index < -0.39 is 4.92 Å². The van der Waals surface area contributed by atoms with Crippen LogP contribution in [-0.4, -0.2) is 24.2 Å². The number of ether oxygens (including phenoxy) is 2. The van der Waals surface area contributed by atoms with Crippen molar-refractivity contribution in [2.45, 2.75) is 25.4 Å². The fraction of sp³-hybridized carbons (Fsp3) is 0.500. The molecule has 6 nitrogen and oxygen atoms in total. The van der Waals surface area contributed by atoms with E-state index in [0.717, 1.165) is 25.9 Å². The van der Waals surface area contributed by atoms with Crippen molar-refractivity contribution in [2.75, 3.05) is 18.9 Å². The molecule has 1 heterocycles. The van der Waals surface area contributed by atoms with Gasteiger partial charge in [0, 0.05) is 24.4 Å². The van der Waals surface area contributed by atoms with Crippen molar-refractivity contribution in [3.05, 3.63) is 28.3 Å². The van der Waals surface area contributed by atoms with Crippen molar-refractivity contribution in [1.29, 1.82) is 0 Å². The normalized spacial score (nSPS) is 19.4. The molecule has 0 bridgehead atoms. The quantitative estimate of drug-likeness (QED) is 0.503. The van der Waals surface area contributed by atoms with Gasteiger partial charge in [-0.25, -0.2) is 0 Å². The third-order valence-electron chi connectivity index (χ3n) is 2.83. The van der Waals surface area contributed by atoms with Crippen LogP contribution in [0.4, 0.5) is 11.4 Å². The largest absolute Gasteiger partial charge is 0.491 e. The third-order valence-corrected chi connectivity index (χ3v) is 2.83. The summed E-state index contributed by atoms with van der Waals surface area (Å²) in [6.45, 7) is 1.16. The number of benzene rings is 1. The molecule has 6 heteroatoms. The number of nitrogens with zero attached hydrogens (tertiary/aromatic N) is 1. The lowest BCUT2D eigenvalue weighted by molar-refractivity contribution is -0.384. The molecule has 98 valence electrons. The highest BCUT2D eigenvalue weighted by atomic mass is 16.6. The topological polar surface area (TPSA) is 87.6 Å². The summed E-state index contributed by atoms with van der Waals surface area (Å²) in [5, 5.41) is 10.7. The van der Waals surface area contributed by atoms with Gasteiger partial charge in [0.25, 0.3) is 5.69 Å². The Hall–Kier alpha value is -1.82. The van der Waals surface area contributed by atoms with Gasteiger partial charge in [0.1, 0.15) is 12.4 Å². The van der Waals surface area contributed by atoms with E-state index in [1.807, 2.05) is 0 Å². The van der Waals surface area contributed by atoms with Crippen molar-refractivity contribution < 1.29 is 14.4 Å². The van der Waals surface area contributed by atoms with Crippen LogP contribution in [0.15, 0.2) is 18.2 Å².